The Labute approximate surface area is 266 Å². The number of hydrogen-bond donors (Lipinski definition) is 3. The molecule has 1 aliphatic carbocycles. The molecule has 0 bridgehead atoms. The van der Waals surface area contributed by atoms with Gasteiger partial charge in [0.15, 0.2) is 11.2 Å². The van der Waals surface area contributed by atoms with Gasteiger partial charge in [0.25, 0.3) is 11.8 Å². The van der Waals surface area contributed by atoms with Crippen molar-refractivity contribution in [3.63, 3.8) is 0 Å². The topological polar surface area (TPSA) is 153 Å². The van der Waals surface area contributed by atoms with Crippen LogP contribution in [0.15, 0.2) is 60.9 Å². The zero-order valence-electron chi connectivity index (χ0n) is 24.4. The van der Waals surface area contributed by atoms with E-state index in [4.69, 9.17) is 15.3 Å². The summed E-state index contributed by atoms with van der Waals surface area (Å²) in [7, 11) is 0. The summed E-state index contributed by atoms with van der Waals surface area (Å²) in [5.74, 6) is -2.86. The Hall–Kier alpha value is -5.52. The number of ether oxygens (including phenoxy) is 1. The van der Waals surface area contributed by atoms with Crippen LogP contribution in [0.1, 0.15) is 35.6 Å². The van der Waals surface area contributed by atoms with Crippen LogP contribution in [-0.2, 0) is 33.2 Å². The van der Waals surface area contributed by atoms with Gasteiger partial charge < -0.3 is 25.0 Å². The lowest BCUT2D eigenvalue weighted by atomic mass is 10.0. The third-order valence-electron chi connectivity index (χ3n) is 7.61. The standard InChI is InChI=1S/C31H21F7N6O4/c1-28(14-44-15-41-23-8-18(32)4-7-24(23)44,26(45)42-19-5-2-16(12-39)21(9-19)30(33,34)35)48-25-11-29(25,47)27(46)43-20-6-3-17(13-40)22(10-20)31(36,37)38/h2-10,15,25,47H,11,14H2,1H3,(H,42,45)(H,43,46)/t25?,28-,29-/m0/s1. The van der Waals surface area contributed by atoms with Crippen LogP contribution in [-0.4, -0.2) is 43.8 Å². The fourth-order valence-electron chi connectivity index (χ4n) is 4.98. The Balaban J connectivity index is 1.42. The van der Waals surface area contributed by atoms with Crippen molar-refractivity contribution in [2.45, 2.75) is 49.5 Å². The van der Waals surface area contributed by atoms with Gasteiger partial charge in [-0.05, 0) is 55.5 Å². The molecule has 1 saturated carbocycles. The molecule has 1 aliphatic rings. The number of imidazole rings is 1. The lowest BCUT2D eigenvalue weighted by Crippen LogP contribution is -2.48. The number of halogens is 7. The number of amides is 2. The number of anilines is 2. The number of benzene rings is 3. The zero-order chi connectivity index (χ0) is 35.2. The van der Waals surface area contributed by atoms with Crippen LogP contribution in [0.2, 0.25) is 0 Å². The van der Waals surface area contributed by atoms with Crippen LogP contribution < -0.4 is 10.6 Å². The Morgan fingerprint density at radius 3 is 2.06 bits per heavy atom. The van der Waals surface area contributed by atoms with Gasteiger partial charge in [-0.15, -0.1) is 0 Å². The predicted octanol–water partition coefficient (Wildman–Crippen LogP) is 5.51. The minimum atomic E-state index is -4.94. The summed E-state index contributed by atoms with van der Waals surface area (Å²) >= 11 is 0. The molecule has 3 aromatic carbocycles. The number of carbonyl (C=O) groups is 2. The van der Waals surface area contributed by atoms with Crippen LogP contribution >= 0.6 is 0 Å². The van der Waals surface area contributed by atoms with Gasteiger partial charge in [-0.25, -0.2) is 9.37 Å². The molecule has 1 aromatic heterocycles. The van der Waals surface area contributed by atoms with Crippen molar-refractivity contribution in [1.29, 1.82) is 10.5 Å². The van der Waals surface area contributed by atoms with E-state index >= 15 is 0 Å². The molecule has 1 unspecified atom stereocenters. The summed E-state index contributed by atoms with van der Waals surface area (Å²) < 4.78 is 102. The summed E-state index contributed by atoms with van der Waals surface area (Å²) in [4.78, 5) is 30.8. The summed E-state index contributed by atoms with van der Waals surface area (Å²) in [5.41, 5.74) is -8.75. The van der Waals surface area contributed by atoms with Crippen molar-refractivity contribution in [2.75, 3.05) is 10.6 Å². The Morgan fingerprint density at radius 2 is 1.52 bits per heavy atom. The van der Waals surface area contributed by atoms with Gasteiger partial charge >= 0.3 is 12.4 Å². The highest BCUT2D eigenvalue weighted by atomic mass is 19.4. The molecule has 4 aromatic rings. The molecule has 1 fully saturated rings. The average molecular weight is 675 g/mol. The van der Waals surface area contributed by atoms with Crippen molar-refractivity contribution >= 4 is 34.2 Å². The number of nitrogens with one attached hydrogen (secondary N) is 2. The quantitative estimate of drug-likeness (QED) is 0.208. The monoisotopic (exact) mass is 674 g/mol. The number of nitriles is 2. The maximum Gasteiger partial charge on any atom is 0.417 e. The van der Waals surface area contributed by atoms with Gasteiger partial charge in [-0.1, -0.05) is 0 Å². The molecule has 5 rings (SSSR count). The molecule has 1 heterocycles. The minimum Gasteiger partial charge on any atom is -0.377 e. The fourth-order valence-corrected chi connectivity index (χ4v) is 4.98. The van der Waals surface area contributed by atoms with Crippen LogP contribution in [0.25, 0.3) is 11.0 Å². The Bertz CT molecular complexity index is 2030. The molecule has 248 valence electrons. The molecule has 2 amide bonds. The number of rotatable bonds is 8. The third-order valence-corrected chi connectivity index (χ3v) is 7.61. The second kappa shape index (κ2) is 11.9. The van der Waals surface area contributed by atoms with Crippen molar-refractivity contribution in [1.82, 2.24) is 9.55 Å². The molecule has 3 atom stereocenters. The summed E-state index contributed by atoms with van der Waals surface area (Å²) in [6.07, 6.45) is -10.5. The van der Waals surface area contributed by atoms with E-state index in [0.717, 1.165) is 36.4 Å². The average Bonchev–Trinajstić information content (AvgIpc) is 3.51. The number of hydrogen-bond acceptors (Lipinski definition) is 7. The Morgan fingerprint density at radius 1 is 0.958 bits per heavy atom. The molecule has 0 radical (unpaired) electrons. The highest BCUT2D eigenvalue weighted by Gasteiger charge is 2.63. The third kappa shape index (κ3) is 6.64. The first-order valence-electron chi connectivity index (χ1n) is 13.7. The van der Waals surface area contributed by atoms with Crippen molar-refractivity contribution in [3.05, 3.63) is 89.0 Å². The van der Waals surface area contributed by atoms with Crippen molar-refractivity contribution in [2.24, 2.45) is 0 Å². The van der Waals surface area contributed by atoms with E-state index in [1.165, 1.54) is 36.0 Å². The predicted molar refractivity (Wildman–Crippen MR) is 152 cm³/mol. The first-order chi connectivity index (χ1) is 22.4. The first-order valence-corrected chi connectivity index (χ1v) is 13.7. The second-order valence-electron chi connectivity index (χ2n) is 11.1. The SMILES string of the molecule is C[C@@](Cn1cnc2cc(F)ccc21)(OC1C[C@@]1(O)C(=O)Nc1ccc(C#N)c(C(F)(F)F)c1)C(=O)Nc1ccc(C#N)c(C(F)(F)F)c1. The van der Waals surface area contributed by atoms with Crippen molar-refractivity contribution < 1.29 is 50.2 Å². The zero-order valence-corrected chi connectivity index (χ0v) is 24.4. The second-order valence-corrected chi connectivity index (χ2v) is 11.1. The number of carbonyl (C=O) groups excluding carboxylic acids is 2. The van der Waals surface area contributed by atoms with Gasteiger partial charge in [0.1, 0.15) is 11.9 Å². The Kier molecular flexibility index (Phi) is 8.41. The van der Waals surface area contributed by atoms with E-state index in [9.17, 15) is 45.4 Å². The number of aromatic nitrogens is 2. The van der Waals surface area contributed by atoms with Gasteiger partial charge in [-0.3, -0.25) is 9.59 Å². The molecule has 0 spiro atoms. The van der Waals surface area contributed by atoms with Gasteiger partial charge in [0.2, 0.25) is 0 Å². The lowest BCUT2D eigenvalue weighted by Gasteiger charge is -2.30. The van der Waals surface area contributed by atoms with Crippen LogP contribution in [0.4, 0.5) is 42.1 Å². The van der Waals surface area contributed by atoms with Gasteiger partial charge in [0, 0.05) is 23.9 Å². The molecular formula is C31H21F7N6O4. The summed E-state index contributed by atoms with van der Waals surface area (Å²) in [6.45, 7) is 0.779. The largest absolute Gasteiger partial charge is 0.417 e. The van der Waals surface area contributed by atoms with E-state index < -0.39 is 88.2 Å². The molecule has 3 N–H and O–H groups in total. The van der Waals surface area contributed by atoms with Gasteiger partial charge in [0.05, 0.1) is 58.3 Å². The molecule has 17 heteroatoms. The lowest BCUT2D eigenvalue weighted by molar-refractivity contribution is -0.150. The highest BCUT2D eigenvalue weighted by molar-refractivity contribution is 6.01. The summed E-state index contributed by atoms with van der Waals surface area (Å²) in [5, 5.41) is 33.6. The van der Waals surface area contributed by atoms with E-state index in [1.54, 1.807) is 0 Å². The number of aliphatic hydroxyl groups is 1. The van der Waals surface area contributed by atoms with Crippen LogP contribution in [0.5, 0.6) is 0 Å². The maximum atomic E-state index is 13.8. The fraction of sp³-hybridized carbons (Fsp3) is 0.258. The van der Waals surface area contributed by atoms with E-state index in [-0.39, 0.29) is 11.2 Å². The molecule has 0 saturated heterocycles. The molecule has 48 heavy (non-hydrogen) atoms. The van der Waals surface area contributed by atoms with E-state index in [2.05, 4.69) is 15.6 Å². The number of nitrogens with zero attached hydrogens (tertiary/aromatic N) is 4. The van der Waals surface area contributed by atoms with Crippen LogP contribution in [0.3, 0.4) is 0 Å². The van der Waals surface area contributed by atoms with E-state index in [1.807, 2.05) is 0 Å². The van der Waals surface area contributed by atoms with Crippen molar-refractivity contribution in [3.8, 4) is 12.1 Å². The van der Waals surface area contributed by atoms with Gasteiger partial charge in [-0.2, -0.15) is 36.9 Å². The molecule has 0 aliphatic heterocycles. The molecule has 10 nitrogen and oxygen atoms in total. The number of alkyl halides is 6. The van der Waals surface area contributed by atoms with E-state index in [0.29, 0.717) is 17.6 Å². The highest BCUT2D eigenvalue weighted by Crippen LogP contribution is 2.44. The van der Waals surface area contributed by atoms with Crippen LogP contribution in [0, 0.1) is 28.5 Å². The minimum absolute atomic E-state index is 0.183. The first kappa shape index (κ1) is 33.8. The maximum absolute atomic E-state index is 13.8. The smallest absolute Gasteiger partial charge is 0.377 e. The normalized spacial score (nSPS) is 18.8. The summed E-state index contributed by atoms with van der Waals surface area (Å²) in [6, 6.07) is 11.2. The number of fused-ring (bicyclic) bond motifs is 1. The molecular weight excluding hydrogens is 653 g/mol.